The maximum absolute atomic E-state index is 2.64. The van der Waals surface area contributed by atoms with Gasteiger partial charge in [-0.1, -0.05) is 192 Å². The average Bonchev–Trinajstić information content (AvgIpc) is 4.10. The Morgan fingerprint density at radius 1 is 0.284 bits per heavy atom. The van der Waals surface area contributed by atoms with Gasteiger partial charge >= 0.3 is 0 Å². The molecule has 0 fully saturated rings. The van der Waals surface area contributed by atoms with Gasteiger partial charge in [0.05, 0.1) is 44.5 Å². The minimum atomic E-state index is -0.116. The zero-order valence-electron chi connectivity index (χ0n) is 45.1. The molecule has 0 amide bonds. The molecule has 366 valence electrons. The normalized spacial score (nSPS) is 13.1. The molecule has 0 saturated carbocycles. The largest absolute Gasteiger partial charge is 0.310 e. The van der Waals surface area contributed by atoms with E-state index in [0.29, 0.717) is 0 Å². The van der Waals surface area contributed by atoms with Crippen LogP contribution in [0.3, 0.4) is 0 Å². The number of hydrogen-bond donors (Lipinski definition) is 0. The van der Waals surface area contributed by atoms with Crippen LogP contribution in [0.25, 0.3) is 76.2 Å². The van der Waals surface area contributed by atoms with Crippen LogP contribution in [0.2, 0.25) is 0 Å². The number of rotatable bonds is 6. The molecule has 4 heterocycles. The molecule has 4 nitrogen and oxygen atoms in total. The Bertz CT molecular complexity index is 4010. The third-order valence-corrected chi connectivity index (χ3v) is 16.1. The van der Waals surface area contributed by atoms with Crippen LogP contribution in [0, 0.1) is 0 Å². The van der Waals surface area contributed by atoms with Gasteiger partial charge in [-0.3, -0.25) is 0 Å². The first-order valence-corrected chi connectivity index (χ1v) is 26.6. The van der Waals surface area contributed by atoms with Crippen molar-refractivity contribution >= 4 is 110 Å². The highest BCUT2D eigenvalue weighted by atomic mass is 15.2. The summed E-state index contributed by atoms with van der Waals surface area (Å²) in [6.07, 6.45) is 0. The molecule has 0 saturated heterocycles. The van der Waals surface area contributed by atoms with Crippen molar-refractivity contribution in [2.75, 3.05) is 9.80 Å². The molecule has 13 rings (SSSR count). The van der Waals surface area contributed by atoms with Crippen LogP contribution in [0.15, 0.2) is 182 Å². The molecule has 0 atom stereocenters. The van der Waals surface area contributed by atoms with E-state index in [0.717, 1.165) is 22.7 Å². The Hall–Kier alpha value is -7.82. The number of aromatic nitrogens is 2. The number of fused-ring (bicyclic) bond motifs is 12. The second kappa shape index (κ2) is 15.8. The van der Waals surface area contributed by atoms with E-state index in [9.17, 15) is 0 Å². The van der Waals surface area contributed by atoms with Crippen molar-refractivity contribution in [3.05, 3.63) is 204 Å². The molecule has 0 aliphatic carbocycles. The third-order valence-electron chi connectivity index (χ3n) is 16.1. The molecule has 74 heavy (non-hydrogen) atoms. The highest BCUT2D eigenvalue weighted by Gasteiger charge is 2.32. The van der Waals surface area contributed by atoms with E-state index in [-0.39, 0.29) is 21.7 Å². The van der Waals surface area contributed by atoms with Gasteiger partial charge in [-0.2, -0.15) is 0 Å². The molecule has 9 aromatic carbocycles. The molecule has 0 unspecified atom stereocenters. The molecule has 0 aliphatic rings. The van der Waals surface area contributed by atoms with Crippen LogP contribution in [0.1, 0.15) is 105 Å². The van der Waals surface area contributed by atoms with Crippen molar-refractivity contribution in [3.8, 4) is 0 Å². The molecule has 0 N–H and O–H groups in total. The summed E-state index contributed by atoms with van der Waals surface area (Å²) < 4.78 is 5.28. The summed E-state index contributed by atoms with van der Waals surface area (Å²) in [6, 6.07) is 69.0. The zero-order valence-corrected chi connectivity index (χ0v) is 45.1. The maximum atomic E-state index is 2.64. The number of benzene rings is 9. The highest BCUT2D eigenvalue weighted by Crippen LogP contribution is 2.53. The van der Waals surface area contributed by atoms with Gasteiger partial charge < -0.3 is 18.6 Å². The molecule has 0 radical (unpaired) electrons. The monoisotopic (exact) mass is 963 g/mol. The van der Waals surface area contributed by atoms with Crippen molar-refractivity contribution in [3.63, 3.8) is 0 Å². The molecule has 0 aliphatic heterocycles. The van der Waals surface area contributed by atoms with Gasteiger partial charge in [0.1, 0.15) is 0 Å². The van der Waals surface area contributed by atoms with Gasteiger partial charge in [0.15, 0.2) is 0 Å². The number of para-hydroxylation sites is 4. The molecule has 13 aromatic rings. The van der Waals surface area contributed by atoms with Gasteiger partial charge in [-0.15, -0.1) is 0 Å². The minimum absolute atomic E-state index is 0.0455. The molecular formula is C70H66N4. The fraction of sp³-hybridized carbons (Fsp3) is 0.229. The molecular weight excluding hydrogens is 897 g/mol. The summed E-state index contributed by atoms with van der Waals surface area (Å²) in [5.74, 6) is 0. The van der Waals surface area contributed by atoms with Crippen LogP contribution in [0.5, 0.6) is 0 Å². The van der Waals surface area contributed by atoms with E-state index < -0.39 is 0 Å². The molecule has 4 heteroatoms. The second-order valence-corrected chi connectivity index (χ2v) is 25.1. The van der Waals surface area contributed by atoms with Crippen molar-refractivity contribution in [2.45, 2.75) is 105 Å². The zero-order chi connectivity index (χ0) is 51.4. The highest BCUT2D eigenvalue weighted by molar-refractivity contribution is 6.32. The average molecular weight is 963 g/mol. The van der Waals surface area contributed by atoms with Crippen molar-refractivity contribution in [1.82, 2.24) is 8.80 Å². The first kappa shape index (κ1) is 46.0. The first-order valence-electron chi connectivity index (χ1n) is 26.6. The topological polar surface area (TPSA) is 15.3 Å². The van der Waals surface area contributed by atoms with Gasteiger partial charge in [-0.05, 0) is 117 Å². The Labute approximate surface area is 435 Å². The first-order chi connectivity index (χ1) is 35.3. The fourth-order valence-electron chi connectivity index (χ4n) is 12.5. The quantitative estimate of drug-likeness (QED) is 0.165. The van der Waals surface area contributed by atoms with E-state index in [1.165, 1.54) is 110 Å². The molecule has 0 spiro atoms. The summed E-state index contributed by atoms with van der Waals surface area (Å²) in [7, 11) is 0. The van der Waals surface area contributed by atoms with Crippen LogP contribution < -0.4 is 9.80 Å². The third kappa shape index (κ3) is 6.79. The fourth-order valence-corrected chi connectivity index (χ4v) is 12.5. The lowest BCUT2D eigenvalue weighted by Crippen LogP contribution is -2.13. The van der Waals surface area contributed by atoms with Gasteiger partial charge in [0.25, 0.3) is 0 Å². The predicted octanol–water partition coefficient (Wildman–Crippen LogP) is 20.1. The lowest BCUT2D eigenvalue weighted by molar-refractivity contribution is 0.590. The summed E-state index contributed by atoms with van der Waals surface area (Å²) >= 11 is 0. The summed E-state index contributed by atoms with van der Waals surface area (Å²) in [5, 5.41) is 10.2. The lowest BCUT2D eigenvalue weighted by Gasteiger charge is -2.28. The summed E-state index contributed by atoms with van der Waals surface area (Å²) in [4.78, 5) is 4.95. The van der Waals surface area contributed by atoms with Gasteiger partial charge in [-0.25, -0.2) is 0 Å². The van der Waals surface area contributed by atoms with Crippen molar-refractivity contribution in [2.24, 2.45) is 0 Å². The Balaban J connectivity index is 1.15. The van der Waals surface area contributed by atoms with Gasteiger partial charge in [0.2, 0.25) is 0 Å². The van der Waals surface area contributed by atoms with Crippen LogP contribution in [-0.2, 0) is 21.7 Å². The van der Waals surface area contributed by atoms with Crippen molar-refractivity contribution < 1.29 is 0 Å². The van der Waals surface area contributed by atoms with E-state index in [1.807, 2.05) is 0 Å². The smallest absolute Gasteiger partial charge is 0.0641 e. The summed E-state index contributed by atoms with van der Waals surface area (Å²) in [6.45, 7) is 27.9. The number of hydrogen-bond acceptors (Lipinski definition) is 2. The van der Waals surface area contributed by atoms with Crippen LogP contribution in [0.4, 0.5) is 34.1 Å². The van der Waals surface area contributed by atoms with Crippen LogP contribution in [-0.4, -0.2) is 8.80 Å². The summed E-state index contributed by atoms with van der Waals surface area (Å²) in [5.41, 5.74) is 19.7. The lowest BCUT2D eigenvalue weighted by atomic mass is 9.85. The Morgan fingerprint density at radius 2 is 0.635 bits per heavy atom. The molecule has 4 aromatic heterocycles. The standard InChI is InChI=1S/C70H66N4/c1-67(2,3)43-29-33-47(34-30-43)71(45-21-15-13-16-22-45)57-39-37-49-53-41-60-54(42-59(53)73-63-51(61(57)65(49)73)25-19-27-55(63)69(7,8)9)50-38-40-58(62-52-26-20-28-56(70(10,11)12)64(52)74(60)66(50)62)72(46-23-17-14-18-24-46)48-35-31-44(32-36-48)68(4,5)6/h13-42H,1-12H3. The van der Waals surface area contributed by atoms with E-state index in [4.69, 9.17) is 0 Å². The van der Waals surface area contributed by atoms with E-state index >= 15 is 0 Å². The van der Waals surface area contributed by atoms with Gasteiger partial charge in [0, 0.05) is 65.8 Å². The maximum Gasteiger partial charge on any atom is 0.0641 e. The second-order valence-electron chi connectivity index (χ2n) is 25.1. The minimum Gasteiger partial charge on any atom is -0.310 e. The number of anilines is 6. The molecule has 0 bridgehead atoms. The van der Waals surface area contributed by atoms with E-state index in [2.05, 4.69) is 284 Å². The predicted molar refractivity (Wildman–Crippen MR) is 320 cm³/mol. The Kier molecular flexibility index (Phi) is 9.85. The SMILES string of the molecule is CC(C)(C)c1ccc(N(c2ccccc2)c2ccc3c4cc5c(cc4n4c6c(C(C)(C)C)cccc6c2c34)c2ccc(N(c3ccccc3)c3ccc(C(C)(C)C)cc3)c3c4cccc(C(C)(C)C)c4n5c23)cc1. The Morgan fingerprint density at radius 3 is 0.973 bits per heavy atom. The van der Waals surface area contributed by atoms with Crippen LogP contribution >= 0.6 is 0 Å². The van der Waals surface area contributed by atoms with E-state index in [1.54, 1.807) is 0 Å². The van der Waals surface area contributed by atoms with Crippen molar-refractivity contribution in [1.29, 1.82) is 0 Å². The number of nitrogens with zero attached hydrogens (tertiary/aromatic N) is 4.